The molecule has 1 fully saturated rings. The number of para-hydroxylation sites is 1. The summed E-state index contributed by atoms with van der Waals surface area (Å²) in [5, 5.41) is 8.97. The van der Waals surface area contributed by atoms with Crippen LogP contribution in [0.25, 0.3) is 0 Å². The number of halogens is 1. The minimum Gasteiger partial charge on any atom is -0.337 e. The highest BCUT2D eigenvalue weighted by Gasteiger charge is 2.24. The number of hydrogen-bond donors (Lipinski definition) is 3. The molecular formula is C23H28ClN5O3. The van der Waals surface area contributed by atoms with Crippen molar-refractivity contribution in [1.29, 1.82) is 0 Å². The molecule has 32 heavy (non-hydrogen) atoms. The van der Waals surface area contributed by atoms with Crippen LogP contribution in [0.2, 0.25) is 5.02 Å². The number of rotatable bonds is 4. The second kappa shape index (κ2) is 10.9. The van der Waals surface area contributed by atoms with Crippen LogP contribution in [-0.4, -0.2) is 60.0 Å². The first-order valence-corrected chi connectivity index (χ1v) is 11.0. The average Bonchev–Trinajstić information content (AvgIpc) is 3.01. The van der Waals surface area contributed by atoms with Crippen molar-refractivity contribution in [1.82, 2.24) is 15.1 Å². The number of amides is 5. The van der Waals surface area contributed by atoms with Gasteiger partial charge in [0.2, 0.25) is 0 Å². The highest BCUT2D eigenvalue weighted by atomic mass is 35.5. The molecule has 0 aromatic heterocycles. The molecule has 0 aliphatic carbocycles. The van der Waals surface area contributed by atoms with Gasteiger partial charge in [0.1, 0.15) is 0 Å². The minimum atomic E-state index is -0.360. The average molecular weight is 458 g/mol. The third-order valence-electron chi connectivity index (χ3n) is 4.99. The first kappa shape index (κ1) is 23.4. The quantitative estimate of drug-likeness (QED) is 0.640. The summed E-state index contributed by atoms with van der Waals surface area (Å²) in [7, 11) is 0. The fraction of sp³-hybridized carbons (Fsp3) is 0.348. The summed E-state index contributed by atoms with van der Waals surface area (Å²) < 4.78 is 0. The summed E-state index contributed by atoms with van der Waals surface area (Å²) in [5.41, 5.74) is 1.54. The van der Waals surface area contributed by atoms with Crippen molar-refractivity contribution < 1.29 is 14.4 Å². The third kappa shape index (κ3) is 6.37. The Balaban J connectivity index is 1.62. The molecule has 0 saturated carbocycles. The van der Waals surface area contributed by atoms with Gasteiger partial charge < -0.3 is 25.8 Å². The van der Waals surface area contributed by atoms with Crippen molar-refractivity contribution in [2.24, 2.45) is 0 Å². The Labute approximate surface area is 192 Å². The molecule has 0 unspecified atom stereocenters. The molecule has 5 amide bonds. The fourth-order valence-corrected chi connectivity index (χ4v) is 3.55. The van der Waals surface area contributed by atoms with E-state index in [-0.39, 0.29) is 24.0 Å². The van der Waals surface area contributed by atoms with E-state index in [0.29, 0.717) is 54.6 Å². The second-order valence-corrected chi connectivity index (χ2v) is 8.31. The number of nitrogens with zero attached hydrogens (tertiary/aromatic N) is 2. The van der Waals surface area contributed by atoms with Gasteiger partial charge >= 0.3 is 12.1 Å². The number of nitrogens with one attached hydrogen (secondary N) is 3. The number of benzene rings is 2. The van der Waals surface area contributed by atoms with E-state index in [9.17, 15) is 14.4 Å². The SMILES string of the molecule is CC(C)NC(=O)Nc1ccccc1C(=O)N1CCCN(C(=O)Nc2ccc(Cl)cc2)CC1. The van der Waals surface area contributed by atoms with Crippen LogP contribution in [0.15, 0.2) is 48.5 Å². The summed E-state index contributed by atoms with van der Waals surface area (Å²) in [5.74, 6) is -0.176. The van der Waals surface area contributed by atoms with Crippen LogP contribution in [-0.2, 0) is 0 Å². The Bertz CT molecular complexity index is 964. The Morgan fingerprint density at radius 2 is 1.53 bits per heavy atom. The number of urea groups is 2. The van der Waals surface area contributed by atoms with Gasteiger partial charge in [0.05, 0.1) is 11.3 Å². The van der Waals surface area contributed by atoms with Gasteiger partial charge in [0, 0.05) is 42.9 Å². The van der Waals surface area contributed by atoms with Crippen molar-refractivity contribution in [3.8, 4) is 0 Å². The lowest BCUT2D eigenvalue weighted by Crippen LogP contribution is -2.39. The molecule has 2 aromatic carbocycles. The van der Waals surface area contributed by atoms with Crippen molar-refractivity contribution in [3.63, 3.8) is 0 Å². The van der Waals surface area contributed by atoms with E-state index in [2.05, 4.69) is 16.0 Å². The van der Waals surface area contributed by atoms with Crippen LogP contribution < -0.4 is 16.0 Å². The molecule has 1 aliphatic rings. The standard InChI is InChI=1S/C23H28ClN5O3/c1-16(2)25-22(31)27-20-7-4-3-6-19(20)21(30)28-12-5-13-29(15-14-28)23(32)26-18-10-8-17(24)9-11-18/h3-4,6-11,16H,5,12-15H2,1-2H3,(H,26,32)(H2,25,27,31). The molecule has 1 heterocycles. The van der Waals surface area contributed by atoms with Gasteiger partial charge in [0.15, 0.2) is 0 Å². The second-order valence-electron chi connectivity index (χ2n) is 7.87. The van der Waals surface area contributed by atoms with Gasteiger partial charge in [0.25, 0.3) is 5.91 Å². The van der Waals surface area contributed by atoms with Gasteiger partial charge in [-0.3, -0.25) is 4.79 Å². The van der Waals surface area contributed by atoms with E-state index in [0.717, 1.165) is 0 Å². The predicted molar refractivity (Wildman–Crippen MR) is 126 cm³/mol. The van der Waals surface area contributed by atoms with E-state index in [4.69, 9.17) is 11.6 Å². The van der Waals surface area contributed by atoms with Gasteiger partial charge in [-0.15, -0.1) is 0 Å². The number of anilines is 2. The maximum Gasteiger partial charge on any atom is 0.321 e. The molecule has 0 spiro atoms. The minimum absolute atomic E-state index is 0.0199. The van der Waals surface area contributed by atoms with Crippen LogP contribution in [0.1, 0.15) is 30.6 Å². The van der Waals surface area contributed by atoms with Crippen molar-refractivity contribution in [3.05, 3.63) is 59.1 Å². The Morgan fingerprint density at radius 3 is 2.25 bits per heavy atom. The van der Waals surface area contributed by atoms with E-state index >= 15 is 0 Å². The number of carbonyl (C=O) groups is 3. The lowest BCUT2D eigenvalue weighted by Gasteiger charge is -2.23. The zero-order valence-corrected chi connectivity index (χ0v) is 19.0. The zero-order valence-electron chi connectivity index (χ0n) is 18.2. The highest BCUT2D eigenvalue weighted by Crippen LogP contribution is 2.19. The van der Waals surface area contributed by atoms with Crippen LogP contribution in [0.4, 0.5) is 21.0 Å². The van der Waals surface area contributed by atoms with E-state index in [1.165, 1.54) is 0 Å². The summed E-state index contributed by atoms with van der Waals surface area (Å²) in [6.45, 7) is 5.61. The Hall–Kier alpha value is -3.26. The van der Waals surface area contributed by atoms with Crippen LogP contribution >= 0.6 is 11.6 Å². The highest BCUT2D eigenvalue weighted by molar-refractivity contribution is 6.30. The lowest BCUT2D eigenvalue weighted by atomic mass is 10.1. The first-order chi connectivity index (χ1) is 15.3. The van der Waals surface area contributed by atoms with Crippen LogP contribution in [0.3, 0.4) is 0 Å². The normalized spacial score (nSPS) is 14.0. The molecule has 1 saturated heterocycles. The molecule has 3 N–H and O–H groups in total. The summed E-state index contributed by atoms with van der Waals surface area (Å²) in [6.07, 6.45) is 0.656. The van der Waals surface area contributed by atoms with E-state index in [1.807, 2.05) is 13.8 Å². The molecule has 8 nitrogen and oxygen atoms in total. The fourth-order valence-electron chi connectivity index (χ4n) is 3.43. The summed E-state index contributed by atoms with van der Waals surface area (Å²) in [4.78, 5) is 41.4. The topological polar surface area (TPSA) is 93.8 Å². The largest absolute Gasteiger partial charge is 0.337 e. The van der Waals surface area contributed by atoms with Gasteiger partial charge in [-0.05, 0) is 56.7 Å². The molecule has 170 valence electrons. The molecular weight excluding hydrogens is 430 g/mol. The van der Waals surface area contributed by atoms with Gasteiger partial charge in [-0.25, -0.2) is 9.59 Å². The Kier molecular flexibility index (Phi) is 7.94. The molecule has 1 aliphatic heterocycles. The summed E-state index contributed by atoms with van der Waals surface area (Å²) in [6, 6.07) is 13.3. The maximum atomic E-state index is 13.2. The molecule has 3 rings (SSSR count). The van der Waals surface area contributed by atoms with E-state index < -0.39 is 0 Å². The Morgan fingerprint density at radius 1 is 0.875 bits per heavy atom. The van der Waals surface area contributed by atoms with Gasteiger partial charge in [-0.1, -0.05) is 23.7 Å². The molecule has 0 atom stereocenters. The van der Waals surface area contributed by atoms with Gasteiger partial charge in [-0.2, -0.15) is 0 Å². The lowest BCUT2D eigenvalue weighted by molar-refractivity contribution is 0.0763. The van der Waals surface area contributed by atoms with Crippen molar-refractivity contribution in [2.45, 2.75) is 26.3 Å². The number of hydrogen-bond acceptors (Lipinski definition) is 3. The van der Waals surface area contributed by atoms with Crippen LogP contribution in [0, 0.1) is 0 Å². The monoisotopic (exact) mass is 457 g/mol. The molecule has 0 radical (unpaired) electrons. The summed E-state index contributed by atoms with van der Waals surface area (Å²) >= 11 is 5.89. The smallest absolute Gasteiger partial charge is 0.321 e. The number of carbonyl (C=O) groups excluding carboxylic acids is 3. The van der Waals surface area contributed by atoms with Crippen molar-refractivity contribution >= 4 is 40.9 Å². The van der Waals surface area contributed by atoms with Crippen molar-refractivity contribution in [2.75, 3.05) is 36.8 Å². The third-order valence-corrected chi connectivity index (χ3v) is 5.24. The maximum absolute atomic E-state index is 13.2. The first-order valence-electron chi connectivity index (χ1n) is 10.6. The van der Waals surface area contributed by atoms with Crippen LogP contribution in [0.5, 0.6) is 0 Å². The predicted octanol–water partition coefficient (Wildman–Crippen LogP) is 4.25. The molecule has 2 aromatic rings. The molecule has 9 heteroatoms. The van der Waals surface area contributed by atoms with E-state index in [1.54, 1.807) is 58.3 Å². The molecule has 0 bridgehead atoms. The zero-order chi connectivity index (χ0) is 23.1.